The molecule has 1 aliphatic heterocycles. The number of benzene rings is 3. The minimum Gasteiger partial charge on any atom is -0.371 e. The van der Waals surface area contributed by atoms with Gasteiger partial charge in [0.1, 0.15) is 0 Å². The Balaban J connectivity index is 1.28. The Bertz CT molecular complexity index is 1010. The van der Waals surface area contributed by atoms with Crippen molar-refractivity contribution in [2.45, 2.75) is 39.3 Å². The minimum atomic E-state index is -0.0597. The molecule has 1 fully saturated rings. The van der Waals surface area contributed by atoms with Crippen LogP contribution in [0.2, 0.25) is 0 Å². The maximum Gasteiger partial charge on any atom is 0.255 e. The van der Waals surface area contributed by atoms with E-state index in [0.29, 0.717) is 6.04 Å². The van der Waals surface area contributed by atoms with Crippen molar-refractivity contribution in [3.8, 4) is 0 Å². The molecule has 0 spiro atoms. The molecule has 31 heavy (non-hydrogen) atoms. The molecule has 4 heteroatoms. The van der Waals surface area contributed by atoms with Gasteiger partial charge in [-0.1, -0.05) is 48.0 Å². The van der Waals surface area contributed by atoms with E-state index in [0.717, 1.165) is 54.9 Å². The molecule has 0 unspecified atom stereocenters. The van der Waals surface area contributed by atoms with Crippen LogP contribution in [0.15, 0.2) is 72.8 Å². The molecule has 0 aromatic heterocycles. The number of carbonyl (C=O) groups excluding carboxylic acids is 1. The number of nitrogens with one attached hydrogen (secondary N) is 2. The van der Waals surface area contributed by atoms with E-state index in [1.165, 1.54) is 11.3 Å². The van der Waals surface area contributed by atoms with Gasteiger partial charge in [0.2, 0.25) is 0 Å². The first-order valence-corrected chi connectivity index (χ1v) is 11.1. The quantitative estimate of drug-likeness (QED) is 0.575. The maximum absolute atomic E-state index is 12.6. The van der Waals surface area contributed by atoms with E-state index in [2.05, 4.69) is 58.0 Å². The van der Waals surface area contributed by atoms with Crippen molar-refractivity contribution < 1.29 is 4.79 Å². The first-order valence-electron chi connectivity index (χ1n) is 11.1. The summed E-state index contributed by atoms with van der Waals surface area (Å²) in [4.78, 5) is 15.0. The number of nitrogens with zero attached hydrogens (tertiary/aromatic N) is 1. The van der Waals surface area contributed by atoms with Gasteiger partial charge in [-0.25, -0.2) is 0 Å². The Morgan fingerprint density at radius 2 is 1.65 bits per heavy atom. The van der Waals surface area contributed by atoms with Gasteiger partial charge in [-0.3, -0.25) is 4.79 Å². The number of piperidine rings is 1. The molecule has 1 heterocycles. The third-order valence-corrected chi connectivity index (χ3v) is 6.05. The summed E-state index contributed by atoms with van der Waals surface area (Å²) in [6, 6.07) is 25.3. The Kier molecular flexibility index (Phi) is 6.68. The molecule has 0 saturated carbocycles. The molecule has 0 bridgehead atoms. The van der Waals surface area contributed by atoms with Crippen molar-refractivity contribution >= 4 is 17.3 Å². The average molecular weight is 414 g/mol. The van der Waals surface area contributed by atoms with E-state index < -0.39 is 0 Å². The summed E-state index contributed by atoms with van der Waals surface area (Å²) in [5, 5.41) is 6.71. The lowest BCUT2D eigenvalue weighted by Crippen LogP contribution is -2.42. The number of rotatable bonds is 6. The van der Waals surface area contributed by atoms with Gasteiger partial charge in [0.25, 0.3) is 5.91 Å². The van der Waals surface area contributed by atoms with Crippen molar-refractivity contribution in [1.29, 1.82) is 0 Å². The molecule has 1 aliphatic rings. The van der Waals surface area contributed by atoms with Crippen LogP contribution in [0, 0.1) is 13.8 Å². The first-order chi connectivity index (χ1) is 15.1. The van der Waals surface area contributed by atoms with E-state index in [9.17, 15) is 4.79 Å². The zero-order valence-corrected chi connectivity index (χ0v) is 18.4. The van der Waals surface area contributed by atoms with Crippen molar-refractivity contribution in [3.05, 3.63) is 95.1 Å². The lowest BCUT2D eigenvalue weighted by atomic mass is 10.0. The molecule has 2 N–H and O–H groups in total. The molecule has 0 aliphatic carbocycles. The minimum absolute atomic E-state index is 0.0597. The third kappa shape index (κ3) is 5.53. The predicted octanol–water partition coefficient (Wildman–Crippen LogP) is 5.31. The van der Waals surface area contributed by atoms with Crippen molar-refractivity contribution in [3.63, 3.8) is 0 Å². The van der Waals surface area contributed by atoms with Gasteiger partial charge >= 0.3 is 0 Å². The fourth-order valence-corrected chi connectivity index (χ4v) is 4.22. The average Bonchev–Trinajstić information content (AvgIpc) is 2.79. The van der Waals surface area contributed by atoms with E-state index >= 15 is 0 Å². The van der Waals surface area contributed by atoms with Crippen molar-refractivity contribution in [1.82, 2.24) is 5.32 Å². The Morgan fingerprint density at radius 3 is 2.32 bits per heavy atom. The molecule has 0 atom stereocenters. The zero-order chi connectivity index (χ0) is 21.6. The number of hydrogen-bond acceptors (Lipinski definition) is 3. The predicted molar refractivity (Wildman–Crippen MR) is 129 cm³/mol. The Morgan fingerprint density at radius 1 is 0.935 bits per heavy atom. The molecule has 3 aromatic carbocycles. The van der Waals surface area contributed by atoms with Crippen LogP contribution in [0.1, 0.15) is 39.9 Å². The van der Waals surface area contributed by atoms with Crippen LogP contribution in [0.25, 0.3) is 0 Å². The highest BCUT2D eigenvalue weighted by Gasteiger charge is 2.19. The molecular formula is C27H31N3O. The van der Waals surface area contributed by atoms with Crippen LogP contribution in [0.3, 0.4) is 0 Å². The number of aryl methyl sites for hydroxylation is 2. The molecule has 3 aromatic rings. The molecule has 4 rings (SSSR count). The van der Waals surface area contributed by atoms with Crippen LogP contribution in [-0.4, -0.2) is 25.0 Å². The second-order valence-electron chi connectivity index (χ2n) is 8.45. The number of amides is 1. The highest BCUT2D eigenvalue weighted by molar-refractivity contribution is 6.05. The topological polar surface area (TPSA) is 44.4 Å². The third-order valence-electron chi connectivity index (χ3n) is 6.05. The first kappa shape index (κ1) is 21.1. The highest BCUT2D eigenvalue weighted by Crippen LogP contribution is 2.23. The van der Waals surface area contributed by atoms with E-state index in [-0.39, 0.29) is 5.91 Å². The summed E-state index contributed by atoms with van der Waals surface area (Å²) in [7, 11) is 0. The van der Waals surface area contributed by atoms with Crippen molar-refractivity contribution in [2.75, 3.05) is 23.3 Å². The van der Waals surface area contributed by atoms with Crippen LogP contribution >= 0.6 is 0 Å². The lowest BCUT2D eigenvalue weighted by molar-refractivity contribution is 0.102. The van der Waals surface area contributed by atoms with E-state index in [4.69, 9.17) is 0 Å². The summed E-state index contributed by atoms with van der Waals surface area (Å²) in [5.41, 5.74) is 6.26. The molecule has 160 valence electrons. The molecule has 4 nitrogen and oxygen atoms in total. The van der Waals surface area contributed by atoms with E-state index in [1.807, 2.05) is 44.2 Å². The van der Waals surface area contributed by atoms with Crippen LogP contribution in [0.5, 0.6) is 0 Å². The van der Waals surface area contributed by atoms with Gasteiger partial charge in [-0.15, -0.1) is 0 Å². The SMILES string of the molecule is Cc1ccc(C(=O)Nc2ccc(N3CCC(NCc4ccccc4)CC3)cc2)c(C)c1. The lowest BCUT2D eigenvalue weighted by Gasteiger charge is -2.34. The second-order valence-corrected chi connectivity index (χ2v) is 8.45. The van der Waals surface area contributed by atoms with Crippen LogP contribution < -0.4 is 15.5 Å². The molecule has 1 saturated heterocycles. The van der Waals surface area contributed by atoms with Crippen LogP contribution in [-0.2, 0) is 6.54 Å². The van der Waals surface area contributed by atoms with Crippen LogP contribution in [0.4, 0.5) is 11.4 Å². The monoisotopic (exact) mass is 413 g/mol. The summed E-state index contributed by atoms with van der Waals surface area (Å²) in [6.45, 7) is 7.03. The fraction of sp³-hybridized carbons (Fsp3) is 0.296. The standard InChI is InChI=1S/C27H31N3O/c1-20-8-13-26(21(2)18-20)27(31)29-24-9-11-25(12-10-24)30-16-14-23(15-17-30)28-19-22-6-4-3-5-7-22/h3-13,18,23,28H,14-17,19H2,1-2H3,(H,29,31). The van der Waals surface area contributed by atoms with Gasteiger partial charge in [-0.2, -0.15) is 0 Å². The number of carbonyl (C=O) groups is 1. The highest BCUT2D eigenvalue weighted by atomic mass is 16.1. The Labute approximate surface area is 185 Å². The van der Waals surface area contributed by atoms with Gasteiger partial charge < -0.3 is 15.5 Å². The summed E-state index contributed by atoms with van der Waals surface area (Å²) < 4.78 is 0. The zero-order valence-electron chi connectivity index (χ0n) is 18.4. The maximum atomic E-state index is 12.6. The van der Waals surface area contributed by atoms with E-state index in [1.54, 1.807) is 0 Å². The van der Waals surface area contributed by atoms with Gasteiger partial charge in [-0.05, 0) is 68.1 Å². The Hall–Kier alpha value is -3.11. The second kappa shape index (κ2) is 9.80. The number of anilines is 2. The normalized spacial score (nSPS) is 14.5. The van der Waals surface area contributed by atoms with Gasteiger partial charge in [0.15, 0.2) is 0 Å². The number of hydrogen-bond donors (Lipinski definition) is 2. The van der Waals surface area contributed by atoms with Crippen molar-refractivity contribution in [2.24, 2.45) is 0 Å². The summed E-state index contributed by atoms with van der Waals surface area (Å²) >= 11 is 0. The van der Waals surface area contributed by atoms with Gasteiger partial charge in [0, 0.05) is 42.6 Å². The smallest absolute Gasteiger partial charge is 0.255 e. The largest absolute Gasteiger partial charge is 0.371 e. The molecule has 1 amide bonds. The summed E-state index contributed by atoms with van der Waals surface area (Å²) in [6.07, 6.45) is 2.27. The van der Waals surface area contributed by atoms with Gasteiger partial charge in [0.05, 0.1) is 0 Å². The summed E-state index contributed by atoms with van der Waals surface area (Å²) in [5.74, 6) is -0.0597. The molecular weight excluding hydrogens is 382 g/mol. The molecule has 0 radical (unpaired) electrons. The fourth-order valence-electron chi connectivity index (χ4n) is 4.22.